The van der Waals surface area contributed by atoms with Gasteiger partial charge in [-0.25, -0.2) is 4.90 Å². The smallest absolute Gasteiger partial charge is 0.238 e. The SMILES string of the molecule is CC1(C)CN2CC(C)(C)[N+]34NN1C3C24. The van der Waals surface area contributed by atoms with E-state index in [0.717, 1.165) is 16.9 Å². The molecule has 0 saturated carbocycles. The van der Waals surface area contributed by atoms with Crippen molar-refractivity contribution in [3.8, 4) is 0 Å². The molecule has 78 valence electrons. The topological polar surface area (TPSA) is 18.5 Å². The molecule has 3 unspecified atom stereocenters. The van der Waals surface area contributed by atoms with Crippen LogP contribution >= 0.6 is 0 Å². The van der Waals surface area contributed by atoms with E-state index in [-0.39, 0.29) is 0 Å². The Kier molecular flexibility index (Phi) is 0.959. The number of rotatable bonds is 0. The summed E-state index contributed by atoms with van der Waals surface area (Å²) >= 11 is 0. The van der Waals surface area contributed by atoms with Gasteiger partial charge < -0.3 is 0 Å². The summed E-state index contributed by atoms with van der Waals surface area (Å²) in [5, 5.41) is 2.48. The van der Waals surface area contributed by atoms with Crippen LogP contribution in [0.2, 0.25) is 0 Å². The minimum absolute atomic E-state index is 0.315. The van der Waals surface area contributed by atoms with Crippen LogP contribution in [0, 0.1) is 0 Å². The molecule has 1 N–H and O–H groups in total. The molecule has 4 rings (SSSR count). The van der Waals surface area contributed by atoms with Gasteiger partial charge >= 0.3 is 0 Å². The predicted molar refractivity (Wildman–Crippen MR) is 52.5 cm³/mol. The number of piperazine rings is 2. The minimum Gasteiger partial charge on any atom is -0.238 e. The van der Waals surface area contributed by atoms with Gasteiger partial charge in [-0.05, 0) is 27.7 Å². The zero-order valence-corrected chi connectivity index (χ0v) is 9.41. The van der Waals surface area contributed by atoms with Gasteiger partial charge in [0, 0.05) is 6.54 Å². The number of hydrogen-bond acceptors (Lipinski definition) is 3. The largest absolute Gasteiger partial charge is 0.253 e. The Labute approximate surface area is 85.0 Å². The lowest BCUT2D eigenvalue weighted by molar-refractivity contribution is -0.981. The van der Waals surface area contributed by atoms with Crippen molar-refractivity contribution in [3.05, 3.63) is 0 Å². The highest BCUT2D eigenvalue weighted by Gasteiger charge is 2.93. The van der Waals surface area contributed by atoms with E-state index in [1.807, 2.05) is 0 Å². The molecule has 0 aromatic rings. The summed E-state index contributed by atoms with van der Waals surface area (Å²) in [7, 11) is 0. The van der Waals surface area contributed by atoms with E-state index in [1.54, 1.807) is 0 Å². The molecule has 4 aliphatic rings. The maximum absolute atomic E-state index is 3.69. The highest BCUT2D eigenvalue weighted by Crippen LogP contribution is 2.64. The lowest BCUT2D eigenvalue weighted by atomic mass is 9.96. The molecule has 0 aromatic heterocycles. The van der Waals surface area contributed by atoms with Crippen LogP contribution in [0.3, 0.4) is 0 Å². The van der Waals surface area contributed by atoms with E-state index in [2.05, 4.69) is 43.1 Å². The van der Waals surface area contributed by atoms with E-state index >= 15 is 0 Å². The van der Waals surface area contributed by atoms with Gasteiger partial charge in [0.1, 0.15) is 5.54 Å². The fourth-order valence-electron chi connectivity index (χ4n) is 4.14. The van der Waals surface area contributed by atoms with Crippen molar-refractivity contribution >= 4 is 0 Å². The van der Waals surface area contributed by atoms with Crippen molar-refractivity contribution in [2.45, 2.75) is 51.1 Å². The second-order valence-corrected chi connectivity index (χ2v) is 6.60. The summed E-state index contributed by atoms with van der Waals surface area (Å²) in [4.78, 5) is 2.68. The Hall–Kier alpha value is -0.160. The summed E-state index contributed by atoms with van der Waals surface area (Å²) in [6.45, 7) is 11.9. The van der Waals surface area contributed by atoms with Crippen molar-refractivity contribution < 1.29 is 4.59 Å². The van der Waals surface area contributed by atoms with Gasteiger partial charge in [-0.15, -0.1) is 5.01 Å². The first-order valence-electron chi connectivity index (χ1n) is 5.60. The molecule has 14 heavy (non-hydrogen) atoms. The summed E-state index contributed by atoms with van der Waals surface area (Å²) in [6, 6.07) is 0. The molecule has 4 fully saturated rings. The molecule has 3 atom stereocenters. The molecular formula is C10H19N4+. The van der Waals surface area contributed by atoms with E-state index in [1.165, 1.54) is 13.1 Å². The van der Waals surface area contributed by atoms with Gasteiger partial charge in [0.25, 0.3) is 6.17 Å². The molecular weight excluding hydrogens is 176 g/mol. The lowest BCUT2D eigenvalue weighted by Gasteiger charge is -2.52. The van der Waals surface area contributed by atoms with Crippen LogP contribution in [0.15, 0.2) is 0 Å². The van der Waals surface area contributed by atoms with Gasteiger partial charge in [0.15, 0.2) is 0 Å². The van der Waals surface area contributed by atoms with E-state index in [9.17, 15) is 0 Å². The summed E-state index contributed by atoms with van der Waals surface area (Å²) in [5.41, 5.74) is 4.41. The van der Waals surface area contributed by atoms with E-state index in [4.69, 9.17) is 0 Å². The van der Waals surface area contributed by atoms with Gasteiger partial charge in [0.05, 0.1) is 12.1 Å². The molecule has 4 heteroatoms. The third kappa shape index (κ3) is 0.518. The molecule has 4 aliphatic heterocycles. The zero-order valence-electron chi connectivity index (χ0n) is 9.41. The standard InChI is InChI=1S/C10H19N4/c1-9(2)5-12-6-10(3,4)14-7(12)8(14)13(9)11-14/h7-8,11H,5-6H2,1-4H3/q+1. The van der Waals surface area contributed by atoms with Gasteiger partial charge in [-0.3, -0.25) is 0 Å². The average molecular weight is 195 g/mol. The molecule has 4 nitrogen and oxygen atoms in total. The van der Waals surface area contributed by atoms with Crippen molar-refractivity contribution in [3.63, 3.8) is 0 Å². The molecule has 4 heterocycles. The second-order valence-electron chi connectivity index (χ2n) is 6.60. The normalized spacial score (nSPS) is 56.6. The monoisotopic (exact) mass is 195 g/mol. The molecule has 0 bridgehead atoms. The Morgan fingerprint density at radius 1 is 1.14 bits per heavy atom. The van der Waals surface area contributed by atoms with Crippen LogP contribution in [0.1, 0.15) is 27.7 Å². The first kappa shape index (κ1) is 8.05. The number of quaternary nitrogens is 1. The molecule has 1 spiro atoms. The summed E-state index contributed by atoms with van der Waals surface area (Å²) in [6.07, 6.45) is 1.51. The van der Waals surface area contributed by atoms with Crippen molar-refractivity contribution in [2.24, 2.45) is 0 Å². The number of nitrogens with one attached hydrogen (secondary N) is 1. The lowest BCUT2D eigenvalue weighted by Crippen LogP contribution is -2.80. The Balaban J connectivity index is 1.81. The number of hydrazine groups is 1. The Bertz CT molecular complexity index is 335. The van der Waals surface area contributed by atoms with Crippen LogP contribution in [0.5, 0.6) is 0 Å². The first-order chi connectivity index (χ1) is 6.40. The van der Waals surface area contributed by atoms with Gasteiger partial charge in [-0.1, -0.05) is 5.53 Å². The first-order valence-corrected chi connectivity index (χ1v) is 5.60. The highest BCUT2D eigenvalue weighted by molar-refractivity contribution is 5.12. The van der Waals surface area contributed by atoms with E-state index < -0.39 is 0 Å². The maximum atomic E-state index is 3.69. The fourth-order valence-corrected chi connectivity index (χ4v) is 4.14. The summed E-state index contributed by atoms with van der Waals surface area (Å²) < 4.78 is 1.15. The van der Waals surface area contributed by atoms with Crippen LogP contribution in [0.4, 0.5) is 0 Å². The quantitative estimate of drug-likeness (QED) is 0.436. The zero-order chi connectivity index (χ0) is 9.93. The van der Waals surface area contributed by atoms with Crippen LogP contribution in [-0.2, 0) is 0 Å². The van der Waals surface area contributed by atoms with E-state index in [0.29, 0.717) is 11.1 Å². The average Bonchev–Trinajstić information content (AvgIpc) is 2.39. The number of hydrogen-bond donors (Lipinski definition) is 1. The van der Waals surface area contributed by atoms with Crippen LogP contribution in [-0.4, -0.2) is 51.0 Å². The van der Waals surface area contributed by atoms with Gasteiger partial charge in [-0.2, -0.15) is 4.59 Å². The van der Waals surface area contributed by atoms with Gasteiger partial charge in [0.2, 0.25) is 6.17 Å². The summed E-state index contributed by atoms with van der Waals surface area (Å²) in [5.74, 6) is 0. The van der Waals surface area contributed by atoms with Crippen molar-refractivity contribution in [2.75, 3.05) is 13.1 Å². The number of nitrogens with zero attached hydrogens (tertiary/aromatic N) is 3. The van der Waals surface area contributed by atoms with Crippen LogP contribution < -0.4 is 5.53 Å². The molecule has 0 radical (unpaired) electrons. The van der Waals surface area contributed by atoms with Crippen molar-refractivity contribution in [1.82, 2.24) is 15.4 Å². The van der Waals surface area contributed by atoms with Crippen LogP contribution in [0.25, 0.3) is 0 Å². The second kappa shape index (κ2) is 1.67. The predicted octanol–water partition coefficient (Wildman–Crippen LogP) is 0.0906. The molecule has 0 aliphatic carbocycles. The maximum Gasteiger partial charge on any atom is 0.253 e. The Morgan fingerprint density at radius 2 is 1.86 bits per heavy atom. The third-order valence-electron chi connectivity index (χ3n) is 4.76. The third-order valence-corrected chi connectivity index (χ3v) is 4.76. The molecule has 0 amide bonds. The Morgan fingerprint density at radius 3 is 2.57 bits per heavy atom. The minimum atomic E-state index is 0.315. The molecule has 4 saturated heterocycles. The fraction of sp³-hybridized carbons (Fsp3) is 1.00. The van der Waals surface area contributed by atoms with Crippen molar-refractivity contribution in [1.29, 1.82) is 0 Å². The molecule has 0 aromatic carbocycles. The highest BCUT2D eigenvalue weighted by atomic mass is 16.1.